The fraction of sp³-hybridized carbons (Fsp3) is 0.333. The first-order valence-corrected chi connectivity index (χ1v) is 12.8. The zero-order valence-electron chi connectivity index (χ0n) is 18.7. The van der Waals surface area contributed by atoms with Gasteiger partial charge in [0.1, 0.15) is 12.6 Å². The van der Waals surface area contributed by atoms with Gasteiger partial charge in [-0.25, -0.2) is 8.42 Å². The van der Waals surface area contributed by atoms with Crippen LogP contribution in [0.25, 0.3) is 0 Å². The smallest absolute Gasteiger partial charge is 0.357 e. The summed E-state index contributed by atoms with van der Waals surface area (Å²) in [6.07, 6.45) is -4.11. The van der Waals surface area contributed by atoms with Crippen LogP contribution in [0.2, 0.25) is 15.1 Å². The number of hydrogen-bond donors (Lipinski definition) is 1. The van der Waals surface area contributed by atoms with Crippen LogP contribution in [0.1, 0.15) is 18.1 Å². The highest BCUT2D eigenvalue weighted by Gasteiger charge is 2.35. The standard InChI is InChI=1S/C21H21Cl3F3N3O4S/c1-12(20(32)28-2)29(10-13-4-6-17(23)18(24)8-13)19(31)11-30(35(3,33)34)14-5-7-16(22)15(9-14)21(25,26)27/h4-9,12H,10-11H2,1-3H3,(H,28,32)/t12-/m0/s1. The Morgan fingerprint density at radius 2 is 1.63 bits per heavy atom. The van der Waals surface area contributed by atoms with Crippen molar-refractivity contribution in [1.29, 1.82) is 0 Å². The Labute approximate surface area is 215 Å². The molecule has 1 atom stereocenters. The average Bonchev–Trinajstić information content (AvgIpc) is 2.76. The minimum absolute atomic E-state index is 0.156. The predicted molar refractivity (Wildman–Crippen MR) is 129 cm³/mol. The van der Waals surface area contributed by atoms with Crippen molar-refractivity contribution in [1.82, 2.24) is 10.2 Å². The van der Waals surface area contributed by atoms with E-state index in [2.05, 4.69) is 5.32 Å². The largest absolute Gasteiger partial charge is 0.417 e. The SMILES string of the molecule is CNC(=O)[C@H](C)N(Cc1ccc(Cl)c(Cl)c1)C(=O)CN(c1ccc(Cl)c(C(F)(F)F)c1)S(C)(=O)=O. The molecule has 0 radical (unpaired) electrons. The highest BCUT2D eigenvalue weighted by molar-refractivity contribution is 7.92. The number of nitrogens with zero attached hydrogens (tertiary/aromatic N) is 2. The molecule has 2 rings (SSSR count). The van der Waals surface area contributed by atoms with Crippen molar-refractivity contribution in [2.75, 3.05) is 24.2 Å². The molecule has 35 heavy (non-hydrogen) atoms. The van der Waals surface area contributed by atoms with Gasteiger partial charge in [0.25, 0.3) is 0 Å². The second-order valence-electron chi connectivity index (χ2n) is 7.49. The zero-order valence-corrected chi connectivity index (χ0v) is 21.7. The number of halogens is 6. The van der Waals surface area contributed by atoms with Crippen LogP contribution >= 0.6 is 34.8 Å². The quantitative estimate of drug-likeness (QED) is 0.500. The number of carbonyl (C=O) groups excluding carboxylic acids is 2. The van der Waals surface area contributed by atoms with Gasteiger partial charge < -0.3 is 10.2 Å². The molecule has 2 aromatic carbocycles. The molecule has 0 heterocycles. The van der Waals surface area contributed by atoms with E-state index in [9.17, 15) is 31.2 Å². The summed E-state index contributed by atoms with van der Waals surface area (Å²) in [7, 11) is -2.87. The van der Waals surface area contributed by atoms with Crippen LogP contribution in [0.4, 0.5) is 18.9 Å². The number of carbonyl (C=O) groups is 2. The molecule has 0 bridgehead atoms. The van der Waals surface area contributed by atoms with Crippen molar-refractivity contribution in [2.24, 2.45) is 0 Å². The Morgan fingerprint density at radius 3 is 2.14 bits per heavy atom. The van der Waals surface area contributed by atoms with Crippen molar-refractivity contribution in [3.05, 3.63) is 62.6 Å². The van der Waals surface area contributed by atoms with Crippen molar-refractivity contribution >= 4 is 62.3 Å². The molecule has 0 spiro atoms. The van der Waals surface area contributed by atoms with Crippen molar-refractivity contribution in [3.8, 4) is 0 Å². The highest BCUT2D eigenvalue weighted by atomic mass is 35.5. The summed E-state index contributed by atoms with van der Waals surface area (Å²) in [6.45, 7) is 0.389. The maximum atomic E-state index is 13.3. The molecule has 7 nitrogen and oxygen atoms in total. The van der Waals surface area contributed by atoms with E-state index in [1.54, 1.807) is 6.07 Å². The Balaban J connectivity index is 2.49. The fourth-order valence-corrected chi connectivity index (χ4v) is 4.51. The summed E-state index contributed by atoms with van der Waals surface area (Å²) in [5, 5.41) is 2.23. The first-order chi connectivity index (χ1) is 16.1. The van der Waals surface area contributed by atoms with E-state index in [1.807, 2.05) is 0 Å². The molecule has 14 heteroatoms. The van der Waals surface area contributed by atoms with Gasteiger partial charge in [0, 0.05) is 13.6 Å². The van der Waals surface area contributed by atoms with E-state index in [0.717, 1.165) is 23.3 Å². The van der Waals surface area contributed by atoms with Crippen molar-refractivity contribution in [3.63, 3.8) is 0 Å². The van der Waals surface area contributed by atoms with E-state index in [0.29, 0.717) is 15.9 Å². The number of benzene rings is 2. The number of nitrogens with one attached hydrogen (secondary N) is 1. The summed E-state index contributed by atoms with van der Waals surface area (Å²) in [5.41, 5.74) is -1.19. The van der Waals surface area contributed by atoms with Gasteiger partial charge in [-0.3, -0.25) is 13.9 Å². The molecule has 0 saturated heterocycles. The van der Waals surface area contributed by atoms with E-state index >= 15 is 0 Å². The molecule has 2 aromatic rings. The van der Waals surface area contributed by atoms with Crippen molar-refractivity contribution < 1.29 is 31.2 Å². The normalized spacial score (nSPS) is 12.7. The molecule has 0 saturated carbocycles. The number of hydrogen-bond acceptors (Lipinski definition) is 4. The molecular formula is C21H21Cl3F3N3O4S. The number of likely N-dealkylation sites (N-methyl/N-ethyl adjacent to an activating group) is 1. The van der Waals surface area contributed by atoms with Gasteiger partial charge in [-0.2, -0.15) is 13.2 Å². The third-order valence-electron chi connectivity index (χ3n) is 4.97. The van der Waals surface area contributed by atoms with E-state index in [4.69, 9.17) is 34.8 Å². The fourth-order valence-electron chi connectivity index (χ4n) is 3.13. The topological polar surface area (TPSA) is 86.8 Å². The summed E-state index contributed by atoms with van der Waals surface area (Å²) in [5.74, 6) is -1.39. The van der Waals surface area contributed by atoms with Crippen LogP contribution < -0.4 is 9.62 Å². The number of rotatable bonds is 8. The predicted octanol–water partition coefficient (Wildman–Crippen LogP) is 4.59. The molecule has 0 aliphatic carbocycles. The molecule has 0 fully saturated rings. The Hall–Kier alpha value is -2.21. The van der Waals surface area contributed by atoms with Crippen LogP contribution in [0.3, 0.4) is 0 Å². The second-order valence-corrected chi connectivity index (χ2v) is 10.6. The third kappa shape index (κ3) is 7.39. The molecule has 2 amide bonds. The maximum absolute atomic E-state index is 13.3. The van der Waals surface area contributed by atoms with Crippen LogP contribution in [0.15, 0.2) is 36.4 Å². The van der Waals surface area contributed by atoms with Crippen LogP contribution in [0.5, 0.6) is 0 Å². The van der Waals surface area contributed by atoms with E-state index in [-0.39, 0.29) is 16.6 Å². The van der Waals surface area contributed by atoms with Crippen molar-refractivity contribution in [2.45, 2.75) is 25.7 Å². The van der Waals surface area contributed by atoms with Gasteiger partial charge in [0.05, 0.1) is 32.6 Å². The molecule has 0 aliphatic rings. The number of amides is 2. The molecule has 192 valence electrons. The lowest BCUT2D eigenvalue weighted by atomic mass is 10.1. The van der Waals surface area contributed by atoms with Crippen LogP contribution in [0, 0.1) is 0 Å². The first kappa shape index (κ1) is 29.0. The molecule has 0 aromatic heterocycles. The van der Waals surface area contributed by atoms with Gasteiger partial charge in [-0.1, -0.05) is 40.9 Å². The Bertz CT molecular complexity index is 1230. The molecule has 0 aliphatic heterocycles. The molecule has 1 N–H and O–H groups in total. The minimum atomic E-state index is -4.85. The maximum Gasteiger partial charge on any atom is 0.417 e. The Morgan fingerprint density at radius 1 is 1.03 bits per heavy atom. The lowest BCUT2D eigenvalue weighted by Gasteiger charge is -2.31. The average molecular weight is 575 g/mol. The van der Waals surface area contributed by atoms with E-state index in [1.165, 1.54) is 26.1 Å². The monoisotopic (exact) mass is 573 g/mol. The lowest BCUT2D eigenvalue weighted by Crippen LogP contribution is -2.50. The van der Waals surface area contributed by atoms with Gasteiger partial charge in [0.2, 0.25) is 21.8 Å². The van der Waals surface area contributed by atoms with Crippen LogP contribution in [-0.2, 0) is 32.3 Å². The first-order valence-electron chi connectivity index (χ1n) is 9.85. The zero-order chi connectivity index (χ0) is 26.7. The number of alkyl halides is 3. The van der Waals surface area contributed by atoms with Gasteiger partial charge >= 0.3 is 6.18 Å². The second kappa shape index (κ2) is 11.2. The lowest BCUT2D eigenvalue weighted by molar-refractivity contribution is -0.139. The molecular weight excluding hydrogens is 554 g/mol. The van der Waals surface area contributed by atoms with Crippen LogP contribution in [-0.4, -0.2) is 51.0 Å². The third-order valence-corrected chi connectivity index (χ3v) is 7.18. The van der Waals surface area contributed by atoms with Gasteiger partial charge in [-0.15, -0.1) is 0 Å². The number of anilines is 1. The summed E-state index contributed by atoms with van der Waals surface area (Å²) < 4.78 is 65.4. The van der Waals surface area contributed by atoms with Gasteiger partial charge in [-0.05, 0) is 42.8 Å². The Kier molecular flexibility index (Phi) is 9.32. The van der Waals surface area contributed by atoms with E-state index < -0.39 is 56.9 Å². The number of sulfonamides is 1. The molecule has 0 unspecified atom stereocenters. The highest BCUT2D eigenvalue weighted by Crippen LogP contribution is 2.37. The minimum Gasteiger partial charge on any atom is -0.357 e. The summed E-state index contributed by atoms with van der Waals surface area (Å²) in [6, 6.07) is 5.96. The summed E-state index contributed by atoms with van der Waals surface area (Å²) in [4.78, 5) is 26.6. The summed E-state index contributed by atoms with van der Waals surface area (Å²) >= 11 is 17.6. The van der Waals surface area contributed by atoms with Gasteiger partial charge in [0.15, 0.2) is 0 Å².